The first kappa shape index (κ1) is 23.3. The fourth-order valence-corrected chi connectivity index (χ4v) is 4.01. The zero-order valence-electron chi connectivity index (χ0n) is 19.8. The second-order valence-corrected chi connectivity index (χ2v) is 8.40. The van der Waals surface area contributed by atoms with Crippen LogP contribution in [-0.4, -0.2) is 49.7 Å². The van der Waals surface area contributed by atoms with E-state index in [1.54, 1.807) is 60.1 Å². The Labute approximate surface area is 211 Å². The monoisotopic (exact) mass is 503 g/mol. The largest absolute Gasteiger partial charge is 0.493 e. The van der Waals surface area contributed by atoms with Crippen molar-refractivity contribution in [2.45, 2.75) is 13.3 Å². The van der Waals surface area contributed by atoms with Gasteiger partial charge < -0.3 is 14.8 Å². The van der Waals surface area contributed by atoms with E-state index in [0.29, 0.717) is 44.9 Å². The molecule has 11 heteroatoms. The average molecular weight is 504 g/mol. The van der Waals surface area contributed by atoms with Gasteiger partial charge in [-0.3, -0.25) is 4.79 Å². The van der Waals surface area contributed by atoms with E-state index in [-0.39, 0.29) is 12.3 Å². The first-order chi connectivity index (χ1) is 17.5. The number of hydrogen-bond donors (Lipinski definition) is 1. The molecule has 0 fully saturated rings. The number of hydrogen-bond acceptors (Lipinski definition) is 7. The Morgan fingerprint density at radius 1 is 1.00 bits per heavy atom. The van der Waals surface area contributed by atoms with Crippen LogP contribution < -0.4 is 14.8 Å². The van der Waals surface area contributed by atoms with Gasteiger partial charge in [0, 0.05) is 11.1 Å². The van der Waals surface area contributed by atoms with E-state index < -0.39 is 0 Å². The highest BCUT2D eigenvalue weighted by Gasteiger charge is 2.18. The molecule has 0 aliphatic carbocycles. The van der Waals surface area contributed by atoms with E-state index in [9.17, 15) is 4.79 Å². The molecular formula is C25H22ClN7O3. The molecule has 1 N–H and O–H groups in total. The highest BCUT2D eigenvalue weighted by Crippen LogP contribution is 2.28. The van der Waals surface area contributed by atoms with Crippen LogP contribution in [0.4, 0.5) is 5.82 Å². The zero-order chi connectivity index (χ0) is 25.2. The lowest BCUT2D eigenvalue weighted by atomic mass is 10.1. The molecule has 36 heavy (non-hydrogen) atoms. The molecule has 3 heterocycles. The number of rotatable bonds is 7. The molecule has 2 aromatic carbocycles. The number of aromatic nitrogens is 6. The number of carbonyl (C=O) groups excluding carboxylic acids is 1. The molecule has 0 saturated carbocycles. The predicted octanol–water partition coefficient (Wildman–Crippen LogP) is 4.16. The van der Waals surface area contributed by atoms with Crippen molar-refractivity contribution in [3.05, 3.63) is 77.3 Å². The van der Waals surface area contributed by atoms with Crippen LogP contribution in [0.5, 0.6) is 11.5 Å². The number of benzene rings is 2. The summed E-state index contributed by atoms with van der Waals surface area (Å²) in [5.74, 6) is 1.92. The highest BCUT2D eigenvalue weighted by molar-refractivity contribution is 6.30. The van der Waals surface area contributed by atoms with E-state index in [0.717, 1.165) is 11.3 Å². The van der Waals surface area contributed by atoms with Crippen LogP contribution in [0.3, 0.4) is 0 Å². The van der Waals surface area contributed by atoms with Crippen molar-refractivity contribution in [3.8, 4) is 23.0 Å². The summed E-state index contributed by atoms with van der Waals surface area (Å²) in [5.41, 5.74) is 2.90. The van der Waals surface area contributed by atoms with Gasteiger partial charge in [-0.25, -0.2) is 14.6 Å². The Bertz CT molecular complexity index is 1560. The molecule has 1 amide bonds. The lowest BCUT2D eigenvalue weighted by Gasteiger charge is -2.11. The van der Waals surface area contributed by atoms with Crippen molar-refractivity contribution in [3.63, 3.8) is 0 Å². The lowest BCUT2D eigenvalue weighted by Crippen LogP contribution is -2.17. The summed E-state index contributed by atoms with van der Waals surface area (Å²) in [6.45, 7) is 1.84. The van der Waals surface area contributed by atoms with Gasteiger partial charge in [-0.05, 0) is 48.9 Å². The quantitative estimate of drug-likeness (QED) is 0.355. The van der Waals surface area contributed by atoms with Crippen LogP contribution >= 0.6 is 11.6 Å². The van der Waals surface area contributed by atoms with Crippen molar-refractivity contribution in [1.82, 2.24) is 29.5 Å². The Morgan fingerprint density at radius 2 is 1.78 bits per heavy atom. The summed E-state index contributed by atoms with van der Waals surface area (Å²) < 4.78 is 13.9. The van der Waals surface area contributed by atoms with Crippen molar-refractivity contribution in [1.29, 1.82) is 0 Å². The van der Waals surface area contributed by atoms with E-state index in [1.165, 1.54) is 6.33 Å². The normalized spacial score (nSPS) is 11.0. The number of anilines is 1. The number of halogens is 1. The molecule has 10 nitrogen and oxygen atoms in total. The van der Waals surface area contributed by atoms with Gasteiger partial charge in [0.15, 0.2) is 23.0 Å². The molecule has 0 unspecified atom stereocenters. The minimum Gasteiger partial charge on any atom is -0.493 e. The zero-order valence-corrected chi connectivity index (χ0v) is 20.5. The van der Waals surface area contributed by atoms with E-state index in [2.05, 4.69) is 25.5 Å². The summed E-state index contributed by atoms with van der Waals surface area (Å²) in [6, 6.07) is 14.4. The maximum atomic E-state index is 12.9. The molecule has 0 atom stereocenters. The molecule has 0 saturated heterocycles. The van der Waals surface area contributed by atoms with Crippen molar-refractivity contribution < 1.29 is 14.3 Å². The SMILES string of the molecule is COc1ccc(CC(=O)Nc2cc(C)nn2-c2ncnc3c2cnn3-c2ccc(Cl)cc2)cc1OC. The van der Waals surface area contributed by atoms with Gasteiger partial charge in [0.25, 0.3) is 0 Å². The van der Waals surface area contributed by atoms with Crippen LogP contribution in [0.2, 0.25) is 5.02 Å². The average Bonchev–Trinajstić information content (AvgIpc) is 3.47. The van der Waals surface area contributed by atoms with Crippen molar-refractivity contribution >= 4 is 34.4 Å². The van der Waals surface area contributed by atoms with Crippen LogP contribution in [0.1, 0.15) is 11.3 Å². The van der Waals surface area contributed by atoms with Crippen LogP contribution in [0.25, 0.3) is 22.5 Å². The summed E-state index contributed by atoms with van der Waals surface area (Å²) in [5, 5.41) is 13.3. The number of amides is 1. The molecular weight excluding hydrogens is 482 g/mol. The third-order valence-corrected chi connectivity index (χ3v) is 5.78. The minimum absolute atomic E-state index is 0.137. The van der Waals surface area contributed by atoms with Gasteiger partial charge in [-0.2, -0.15) is 14.9 Å². The number of carbonyl (C=O) groups is 1. The minimum atomic E-state index is -0.217. The van der Waals surface area contributed by atoms with Crippen LogP contribution in [-0.2, 0) is 11.2 Å². The molecule has 3 aromatic heterocycles. The number of aryl methyl sites for hydroxylation is 1. The maximum absolute atomic E-state index is 12.9. The predicted molar refractivity (Wildman–Crippen MR) is 135 cm³/mol. The number of methoxy groups -OCH3 is 2. The smallest absolute Gasteiger partial charge is 0.229 e. The molecule has 5 aromatic rings. The first-order valence-electron chi connectivity index (χ1n) is 11.0. The van der Waals surface area contributed by atoms with Gasteiger partial charge in [-0.1, -0.05) is 17.7 Å². The third-order valence-electron chi connectivity index (χ3n) is 5.53. The lowest BCUT2D eigenvalue weighted by molar-refractivity contribution is -0.115. The third kappa shape index (κ3) is 4.46. The van der Waals surface area contributed by atoms with Gasteiger partial charge in [0.1, 0.15) is 12.1 Å². The number of nitrogens with one attached hydrogen (secondary N) is 1. The Kier molecular flexibility index (Phi) is 6.26. The van der Waals surface area contributed by atoms with E-state index >= 15 is 0 Å². The van der Waals surface area contributed by atoms with E-state index in [4.69, 9.17) is 21.1 Å². The van der Waals surface area contributed by atoms with Gasteiger partial charge in [0.2, 0.25) is 5.91 Å². The number of ether oxygens (including phenoxy) is 2. The first-order valence-corrected chi connectivity index (χ1v) is 11.4. The standard InChI is InChI=1S/C25H22ClN7O3/c1-15-10-22(30-23(34)12-16-4-9-20(35-2)21(11-16)36-3)33(31-15)25-19-13-29-32(24(19)27-14-28-25)18-7-5-17(26)6-8-18/h4-11,13-14H,12H2,1-3H3,(H,30,34). The van der Waals surface area contributed by atoms with Crippen LogP contribution in [0, 0.1) is 6.92 Å². The fraction of sp³-hybridized carbons (Fsp3) is 0.160. The second kappa shape index (κ2) is 9.67. The van der Waals surface area contributed by atoms with Gasteiger partial charge >= 0.3 is 0 Å². The van der Waals surface area contributed by atoms with Gasteiger partial charge in [0.05, 0.1) is 43.6 Å². The van der Waals surface area contributed by atoms with Crippen molar-refractivity contribution in [2.75, 3.05) is 19.5 Å². The molecule has 0 spiro atoms. The molecule has 182 valence electrons. The molecule has 0 aliphatic rings. The van der Waals surface area contributed by atoms with Crippen LogP contribution in [0.15, 0.2) is 61.1 Å². The summed E-state index contributed by atoms with van der Waals surface area (Å²) in [4.78, 5) is 21.8. The second-order valence-electron chi connectivity index (χ2n) is 7.96. The highest BCUT2D eigenvalue weighted by atomic mass is 35.5. The van der Waals surface area contributed by atoms with Gasteiger partial charge in [-0.15, -0.1) is 0 Å². The topological polar surface area (TPSA) is 109 Å². The molecule has 5 rings (SSSR count). The number of fused-ring (bicyclic) bond motifs is 1. The molecule has 0 radical (unpaired) electrons. The van der Waals surface area contributed by atoms with Crippen molar-refractivity contribution in [2.24, 2.45) is 0 Å². The molecule has 0 aliphatic heterocycles. The molecule has 0 bridgehead atoms. The summed E-state index contributed by atoms with van der Waals surface area (Å²) in [7, 11) is 3.12. The maximum Gasteiger partial charge on any atom is 0.229 e. The summed E-state index contributed by atoms with van der Waals surface area (Å²) in [6.07, 6.45) is 3.25. The van der Waals surface area contributed by atoms with E-state index in [1.807, 2.05) is 25.1 Å². The Balaban J connectivity index is 1.45. The Hall–Kier alpha value is -4.44. The summed E-state index contributed by atoms with van der Waals surface area (Å²) >= 11 is 6.02. The Morgan fingerprint density at radius 3 is 2.53 bits per heavy atom. The number of nitrogens with zero attached hydrogens (tertiary/aromatic N) is 6. The fourth-order valence-electron chi connectivity index (χ4n) is 3.88.